The molecule has 25 heavy (non-hydrogen) atoms. The van der Waals surface area contributed by atoms with Crippen molar-refractivity contribution >= 4 is 29.1 Å². The predicted molar refractivity (Wildman–Crippen MR) is 97.2 cm³/mol. The highest BCUT2D eigenvalue weighted by Crippen LogP contribution is 2.23. The first-order chi connectivity index (χ1) is 12.0. The summed E-state index contributed by atoms with van der Waals surface area (Å²) < 4.78 is 5.53. The highest BCUT2D eigenvalue weighted by atomic mass is 35.5. The number of carbonyl (C=O) groups is 2. The number of hydrogen-bond donors (Lipinski definition) is 2. The van der Waals surface area contributed by atoms with Gasteiger partial charge in [0.05, 0.1) is 11.3 Å². The number of halogens is 1. The standard InChI is InChI=1S/C19H19ClN2O3/c1-12-10-13(20)6-9-17(12)25-11-18(23)22-16-5-3-2-4-15(16)19(24)21-14-7-8-14/h2-6,9-10,14H,7-8,11H2,1H3,(H,21,24)(H,22,23). The lowest BCUT2D eigenvalue weighted by Crippen LogP contribution is -2.28. The van der Waals surface area contributed by atoms with E-state index in [2.05, 4.69) is 10.6 Å². The van der Waals surface area contributed by atoms with Gasteiger partial charge in [0.15, 0.2) is 6.61 Å². The van der Waals surface area contributed by atoms with E-state index in [1.165, 1.54) is 0 Å². The van der Waals surface area contributed by atoms with Crippen molar-refractivity contribution in [1.82, 2.24) is 5.32 Å². The molecule has 1 fully saturated rings. The van der Waals surface area contributed by atoms with Gasteiger partial charge in [-0.25, -0.2) is 0 Å². The Kier molecular flexibility index (Phi) is 5.24. The summed E-state index contributed by atoms with van der Waals surface area (Å²) >= 11 is 5.90. The van der Waals surface area contributed by atoms with Gasteiger partial charge >= 0.3 is 0 Å². The monoisotopic (exact) mass is 358 g/mol. The average Bonchev–Trinajstić information content (AvgIpc) is 3.38. The molecule has 0 atom stereocenters. The van der Waals surface area contributed by atoms with Crippen LogP contribution in [0.4, 0.5) is 5.69 Å². The topological polar surface area (TPSA) is 67.4 Å². The molecule has 2 N–H and O–H groups in total. The van der Waals surface area contributed by atoms with Gasteiger partial charge in [-0.15, -0.1) is 0 Å². The van der Waals surface area contributed by atoms with Crippen molar-refractivity contribution in [2.24, 2.45) is 0 Å². The van der Waals surface area contributed by atoms with Crippen LogP contribution in [0.1, 0.15) is 28.8 Å². The van der Waals surface area contributed by atoms with E-state index in [1.54, 1.807) is 42.5 Å². The molecule has 1 saturated carbocycles. The summed E-state index contributed by atoms with van der Waals surface area (Å²) in [5.74, 6) is 0.0909. The first-order valence-corrected chi connectivity index (χ1v) is 8.49. The summed E-state index contributed by atoms with van der Waals surface area (Å²) in [6, 6.07) is 12.4. The zero-order chi connectivity index (χ0) is 17.8. The summed E-state index contributed by atoms with van der Waals surface area (Å²) in [5.41, 5.74) is 1.78. The normalized spacial score (nSPS) is 13.2. The van der Waals surface area contributed by atoms with Crippen molar-refractivity contribution in [3.63, 3.8) is 0 Å². The third kappa shape index (κ3) is 4.73. The lowest BCUT2D eigenvalue weighted by Gasteiger charge is -2.12. The van der Waals surface area contributed by atoms with Crippen LogP contribution in [-0.2, 0) is 4.79 Å². The van der Waals surface area contributed by atoms with Gasteiger partial charge in [-0.2, -0.15) is 0 Å². The largest absolute Gasteiger partial charge is 0.483 e. The molecule has 5 nitrogen and oxygen atoms in total. The molecule has 0 radical (unpaired) electrons. The van der Waals surface area contributed by atoms with Crippen LogP contribution in [0.25, 0.3) is 0 Å². The molecular formula is C19H19ClN2O3. The van der Waals surface area contributed by atoms with Crippen LogP contribution in [0, 0.1) is 6.92 Å². The lowest BCUT2D eigenvalue weighted by molar-refractivity contribution is -0.118. The Bertz CT molecular complexity index is 803. The van der Waals surface area contributed by atoms with Crippen molar-refractivity contribution < 1.29 is 14.3 Å². The lowest BCUT2D eigenvalue weighted by atomic mass is 10.1. The van der Waals surface area contributed by atoms with Gasteiger partial charge in [-0.05, 0) is 55.7 Å². The Labute approximate surface area is 151 Å². The van der Waals surface area contributed by atoms with Gasteiger partial charge in [-0.3, -0.25) is 9.59 Å². The summed E-state index contributed by atoms with van der Waals surface area (Å²) in [5, 5.41) is 6.27. The van der Waals surface area contributed by atoms with Crippen molar-refractivity contribution in [3.8, 4) is 5.75 Å². The number of ether oxygens (including phenoxy) is 1. The summed E-state index contributed by atoms with van der Waals surface area (Å²) in [7, 11) is 0. The minimum absolute atomic E-state index is 0.152. The molecule has 0 aromatic heterocycles. The summed E-state index contributed by atoms with van der Waals surface area (Å²) in [6.07, 6.45) is 2.02. The van der Waals surface area contributed by atoms with Gasteiger partial charge in [-0.1, -0.05) is 23.7 Å². The minimum Gasteiger partial charge on any atom is -0.483 e. The average molecular weight is 359 g/mol. The smallest absolute Gasteiger partial charge is 0.262 e. The Balaban J connectivity index is 1.61. The first kappa shape index (κ1) is 17.3. The van der Waals surface area contributed by atoms with Crippen LogP contribution in [0.15, 0.2) is 42.5 Å². The van der Waals surface area contributed by atoms with Gasteiger partial charge in [0.25, 0.3) is 11.8 Å². The van der Waals surface area contributed by atoms with Crippen LogP contribution in [0.5, 0.6) is 5.75 Å². The number of para-hydroxylation sites is 1. The van der Waals surface area contributed by atoms with E-state index >= 15 is 0 Å². The maximum atomic E-state index is 12.2. The molecule has 2 aromatic rings. The second-order valence-electron chi connectivity index (χ2n) is 6.04. The number of nitrogens with one attached hydrogen (secondary N) is 2. The van der Waals surface area contributed by atoms with Crippen LogP contribution in [-0.4, -0.2) is 24.5 Å². The number of carbonyl (C=O) groups excluding carboxylic acids is 2. The van der Waals surface area contributed by atoms with Crippen molar-refractivity contribution in [2.45, 2.75) is 25.8 Å². The Morgan fingerprint density at radius 3 is 2.68 bits per heavy atom. The molecular weight excluding hydrogens is 340 g/mol. The molecule has 3 rings (SSSR count). The number of aryl methyl sites for hydroxylation is 1. The first-order valence-electron chi connectivity index (χ1n) is 8.11. The van der Waals surface area contributed by atoms with Crippen molar-refractivity contribution in [1.29, 1.82) is 0 Å². The molecule has 130 valence electrons. The molecule has 0 heterocycles. The van der Waals surface area contributed by atoms with E-state index in [1.807, 2.05) is 6.92 Å². The zero-order valence-corrected chi connectivity index (χ0v) is 14.6. The molecule has 0 unspecified atom stereocenters. The van der Waals surface area contributed by atoms with Crippen molar-refractivity contribution in [2.75, 3.05) is 11.9 Å². The van der Waals surface area contributed by atoms with E-state index in [0.29, 0.717) is 22.0 Å². The van der Waals surface area contributed by atoms with Crippen LogP contribution in [0.3, 0.4) is 0 Å². The molecule has 6 heteroatoms. The molecule has 0 aliphatic heterocycles. The number of anilines is 1. The molecule has 0 bridgehead atoms. The molecule has 1 aliphatic rings. The Morgan fingerprint density at radius 1 is 1.20 bits per heavy atom. The maximum absolute atomic E-state index is 12.2. The van der Waals surface area contributed by atoms with Gasteiger partial charge in [0.2, 0.25) is 0 Å². The number of benzene rings is 2. The fourth-order valence-corrected chi connectivity index (χ4v) is 2.61. The summed E-state index contributed by atoms with van der Waals surface area (Å²) in [4.78, 5) is 24.4. The second-order valence-corrected chi connectivity index (χ2v) is 6.48. The Morgan fingerprint density at radius 2 is 1.96 bits per heavy atom. The van der Waals surface area contributed by atoms with Gasteiger partial charge < -0.3 is 15.4 Å². The summed E-state index contributed by atoms with van der Waals surface area (Å²) in [6.45, 7) is 1.71. The zero-order valence-electron chi connectivity index (χ0n) is 13.8. The van der Waals surface area contributed by atoms with E-state index in [4.69, 9.17) is 16.3 Å². The van der Waals surface area contributed by atoms with Crippen LogP contribution < -0.4 is 15.4 Å². The number of amides is 2. The van der Waals surface area contributed by atoms with Crippen LogP contribution >= 0.6 is 11.6 Å². The molecule has 0 saturated heterocycles. The highest BCUT2D eigenvalue weighted by molar-refractivity contribution is 6.30. The third-order valence-electron chi connectivity index (χ3n) is 3.85. The fourth-order valence-electron chi connectivity index (χ4n) is 2.39. The molecule has 2 aromatic carbocycles. The SMILES string of the molecule is Cc1cc(Cl)ccc1OCC(=O)Nc1ccccc1C(=O)NC1CC1. The third-order valence-corrected chi connectivity index (χ3v) is 4.09. The van der Waals surface area contributed by atoms with E-state index in [9.17, 15) is 9.59 Å². The minimum atomic E-state index is -0.332. The molecule has 1 aliphatic carbocycles. The van der Waals surface area contributed by atoms with E-state index in [0.717, 1.165) is 18.4 Å². The van der Waals surface area contributed by atoms with Gasteiger partial charge in [0, 0.05) is 11.1 Å². The van der Waals surface area contributed by atoms with E-state index in [-0.39, 0.29) is 24.5 Å². The van der Waals surface area contributed by atoms with Gasteiger partial charge in [0.1, 0.15) is 5.75 Å². The maximum Gasteiger partial charge on any atom is 0.262 e. The van der Waals surface area contributed by atoms with E-state index < -0.39 is 0 Å². The quantitative estimate of drug-likeness (QED) is 0.829. The predicted octanol–water partition coefficient (Wildman–Crippen LogP) is 3.56. The second kappa shape index (κ2) is 7.57. The highest BCUT2D eigenvalue weighted by Gasteiger charge is 2.25. The number of hydrogen-bond acceptors (Lipinski definition) is 3. The molecule has 0 spiro atoms. The van der Waals surface area contributed by atoms with Crippen LogP contribution in [0.2, 0.25) is 5.02 Å². The Hall–Kier alpha value is -2.53. The molecule has 2 amide bonds. The number of rotatable bonds is 6. The fraction of sp³-hybridized carbons (Fsp3) is 0.263. The van der Waals surface area contributed by atoms with Crippen molar-refractivity contribution in [3.05, 3.63) is 58.6 Å².